The largest absolute Gasteiger partial charge is 0.325 e. The molecule has 2 N–H and O–H groups in total. The fourth-order valence-corrected chi connectivity index (χ4v) is 5.47. The first-order valence-corrected chi connectivity index (χ1v) is 12.4. The summed E-state index contributed by atoms with van der Waals surface area (Å²) in [5.41, 5.74) is 2.22. The number of rotatable bonds is 8. The molecule has 7 nitrogen and oxygen atoms in total. The van der Waals surface area contributed by atoms with E-state index in [4.69, 9.17) is 0 Å². The van der Waals surface area contributed by atoms with E-state index in [-0.39, 0.29) is 22.7 Å². The van der Waals surface area contributed by atoms with Crippen molar-refractivity contribution in [3.05, 3.63) is 59.9 Å². The van der Waals surface area contributed by atoms with Gasteiger partial charge in [0.25, 0.3) is 0 Å². The van der Waals surface area contributed by atoms with Crippen molar-refractivity contribution in [2.45, 2.75) is 33.1 Å². The number of pyridine rings is 1. The third-order valence-corrected chi connectivity index (χ3v) is 7.14. The molecule has 1 aromatic carbocycles. The van der Waals surface area contributed by atoms with Crippen molar-refractivity contribution < 1.29 is 13.2 Å². The topological polar surface area (TPSA) is 101 Å². The van der Waals surface area contributed by atoms with Gasteiger partial charge in [0.1, 0.15) is 0 Å². The van der Waals surface area contributed by atoms with Gasteiger partial charge in [0.05, 0.1) is 16.9 Å². The van der Waals surface area contributed by atoms with Gasteiger partial charge in [-0.05, 0) is 49.1 Å². The Labute approximate surface area is 187 Å². The molecule has 2 aromatic heterocycles. The molecule has 0 spiro atoms. The lowest BCUT2D eigenvalue weighted by molar-refractivity contribution is -0.120. The van der Waals surface area contributed by atoms with Gasteiger partial charge in [0.2, 0.25) is 15.9 Å². The van der Waals surface area contributed by atoms with Gasteiger partial charge in [-0.25, -0.2) is 13.4 Å². The highest BCUT2D eigenvalue weighted by molar-refractivity contribution is 7.92. The molecule has 3 aromatic rings. The van der Waals surface area contributed by atoms with Gasteiger partial charge in [0.15, 0.2) is 5.13 Å². The van der Waals surface area contributed by atoms with Gasteiger partial charge in [-0.15, -0.1) is 11.3 Å². The lowest BCUT2D eigenvalue weighted by atomic mass is 9.89. The number of carbonyl (C=O) groups is 1. The van der Waals surface area contributed by atoms with Crippen molar-refractivity contribution in [2.75, 3.05) is 15.8 Å². The van der Waals surface area contributed by atoms with E-state index in [1.54, 1.807) is 31.6 Å². The number of nitrogens with zero attached hydrogens (tertiary/aromatic N) is 2. The van der Waals surface area contributed by atoms with Crippen LogP contribution in [0.15, 0.2) is 54.2 Å². The number of thiazole rings is 1. The highest BCUT2D eigenvalue weighted by Crippen LogP contribution is 2.29. The number of hydrogen-bond donors (Lipinski definition) is 2. The number of benzene rings is 1. The van der Waals surface area contributed by atoms with E-state index in [1.165, 1.54) is 11.3 Å². The Morgan fingerprint density at radius 2 is 1.84 bits per heavy atom. The Bertz CT molecular complexity index is 1140. The number of nitrogens with one attached hydrogen (secondary N) is 2. The van der Waals surface area contributed by atoms with Crippen molar-refractivity contribution in [3.8, 4) is 11.1 Å². The first-order chi connectivity index (χ1) is 14.6. The van der Waals surface area contributed by atoms with Gasteiger partial charge in [-0.3, -0.25) is 14.5 Å². The Kier molecular flexibility index (Phi) is 6.76. The van der Waals surface area contributed by atoms with E-state index in [0.29, 0.717) is 11.4 Å². The molecule has 3 rings (SSSR count). The maximum absolute atomic E-state index is 12.9. The lowest BCUT2D eigenvalue weighted by Crippen LogP contribution is -2.35. The number of amides is 1. The molecule has 1 amide bonds. The molecular weight excluding hydrogens is 432 g/mol. The van der Waals surface area contributed by atoms with Gasteiger partial charge < -0.3 is 5.32 Å². The SMILES string of the molecule is CC(C)CS(=O)(=O)Nc1nc(C(C)(C)C(=O)Nc2ccc(-c3cccnc3)cc2)cs1. The van der Waals surface area contributed by atoms with Crippen LogP contribution in [0.2, 0.25) is 0 Å². The van der Waals surface area contributed by atoms with E-state index in [2.05, 4.69) is 20.0 Å². The minimum atomic E-state index is -3.47. The summed E-state index contributed by atoms with van der Waals surface area (Å²) in [5.74, 6) is -0.215. The number of anilines is 2. The van der Waals surface area contributed by atoms with E-state index in [0.717, 1.165) is 11.1 Å². The molecule has 0 fully saturated rings. The molecule has 0 aliphatic heterocycles. The second-order valence-electron chi connectivity index (χ2n) is 8.21. The Hall–Kier alpha value is -2.78. The van der Waals surface area contributed by atoms with Crippen LogP contribution in [0, 0.1) is 5.92 Å². The molecule has 0 aliphatic rings. The molecule has 0 saturated carbocycles. The summed E-state index contributed by atoms with van der Waals surface area (Å²) < 4.78 is 26.8. The number of sulfonamides is 1. The van der Waals surface area contributed by atoms with Crippen molar-refractivity contribution >= 4 is 38.1 Å². The zero-order valence-corrected chi connectivity index (χ0v) is 19.5. The smallest absolute Gasteiger partial charge is 0.236 e. The predicted octanol–water partition coefficient (Wildman–Crippen LogP) is 4.52. The molecular formula is C22H26N4O3S2. The summed E-state index contributed by atoms with van der Waals surface area (Å²) in [7, 11) is -3.47. The van der Waals surface area contributed by atoms with Gasteiger partial charge in [-0.2, -0.15) is 0 Å². The fourth-order valence-electron chi connectivity index (χ4n) is 2.90. The molecule has 31 heavy (non-hydrogen) atoms. The zero-order chi connectivity index (χ0) is 22.6. The quantitative estimate of drug-likeness (QED) is 0.517. The van der Waals surface area contributed by atoms with Gasteiger partial charge in [0, 0.05) is 23.5 Å². The average Bonchev–Trinajstić information content (AvgIpc) is 3.16. The normalized spacial score (nSPS) is 12.0. The minimum Gasteiger partial charge on any atom is -0.325 e. The zero-order valence-electron chi connectivity index (χ0n) is 17.9. The Morgan fingerprint density at radius 1 is 1.13 bits per heavy atom. The molecule has 9 heteroatoms. The average molecular weight is 459 g/mol. The minimum absolute atomic E-state index is 0.00342. The standard InChI is InChI=1S/C22H26N4O3S2/c1-15(2)14-31(28,29)26-21-25-19(13-30-21)22(3,4)20(27)24-18-9-7-16(8-10-18)17-6-5-11-23-12-17/h5-13,15H,14H2,1-4H3,(H,24,27)(H,25,26). The van der Waals surface area contributed by atoms with Gasteiger partial charge in [-0.1, -0.05) is 32.0 Å². The summed E-state index contributed by atoms with van der Waals surface area (Å²) in [5, 5.41) is 4.88. The maximum atomic E-state index is 12.9. The second kappa shape index (κ2) is 9.15. The molecule has 2 heterocycles. The fraction of sp³-hybridized carbons (Fsp3) is 0.318. The first kappa shape index (κ1) is 22.9. The summed E-state index contributed by atoms with van der Waals surface area (Å²) in [6.07, 6.45) is 3.51. The van der Waals surface area contributed by atoms with Crippen LogP contribution in [0.1, 0.15) is 33.4 Å². The summed E-state index contributed by atoms with van der Waals surface area (Å²) in [6, 6.07) is 11.4. The Morgan fingerprint density at radius 3 is 2.45 bits per heavy atom. The van der Waals surface area contributed by atoms with E-state index < -0.39 is 15.4 Å². The van der Waals surface area contributed by atoms with E-state index in [9.17, 15) is 13.2 Å². The molecule has 0 bridgehead atoms. The van der Waals surface area contributed by atoms with Crippen LogP contribution in [0.25, 0.3) is 11.1 Å². The van der Waals surface area contributed by atoms with Crippen LogP contribution >= 0.6 is 11.3 Å². The number of aromatic nitrogens is 2. The van der Waals surface area contributed by atoms with E-state index in [1.807, 2.05) is 50.2 Å². The van der Waals surface area contributed by atoms with Crippen LogP contribution in [-0.4, -0.2) is 30.0 Å². The van der Waals surface area contributed by atoms with Crippen LogP contribution in [0.3, 0.4) is 0 Å². The summed E-state index contributed by atoms with van der Waals surface area (Å²) in [6.45, 7) is 7.19. The van der Waals surface area contributed by atoms with Crippen molar-refractivity contribution in [3.63, 3.8) is 0 Å². The molecule has 0 unspecified atom stereocenters. The molecule has 0 radical (unpaired) electrons. The molecule has 0 atom stereocenters. The van der Waals surface area contributed by atoms with Crippen molar-refractivity contribution in [2.24, 2.45) is 5.92 Å². The summed E-state index contributed by atoms with van der Waals surface area (Å²) in [4.78, 5) is 21.4. The maximum Gasteiger partial charge on any atom is 0.236 e. The van der Waals surface area contributed by atoms with E-state index >= 15 is 0 Å². The summed E-state index contributed by atoms with van der Waals surface area (Å²) >= 11 is 1.17. The molecule has 164 valence electrons. The number of hydrogen-bond acceptors (Lipinski definition) is 6. The van der Waals surface area contributed by atoms with Gasteiger partial charge >= 0.3 is 0 Å². The van der Waals surface area contributed by atoms with Crippen LogP contribution in [-0.2, 0) is 20.2 Å². The Balaban J connectivity index is 1.69. The highest BCUT2D eigenvalue weighted by Gasteiger charge is 2.33. The molecule has 0 aliphatic carbocycles. The first-order valence-electron chi connectivity index (χ1n) is 9.85. The third-order valence-electron chi connectivity index (χ3n) is 4.65. The monoisotopic (exact) mass is 458 g/mol. The van der Waals surface area contributed by atoms with Crippen LogP contribution in [0.4, 0.5) is 10.8 Å². The number of carbonyl (C=O) groups excluding carboxylic acids is 1. The van der Waals surface area contributed by atoms with Crippen LogP contribution < -0.4 is 10.0 Å². The molecule has 0 saturated heterocycles. The second-order valence-corrected chi connectivity index (χ2v) is 10.8. The van der Waals surface area contributed by atoms with Crippen molar-refractivity contribution in [1.29, 1.82) is 0 Å². The predicted molar refractivity (Wildman–Crippen MR) is 126 cm³/mol. The van der Waals surface area contributed by atoms with Crippen LogP contribution in [0.5, 0.6) is 0 Å². The third kappa shape index (κ3) is 5.89. The highest BCUT2D eigenvalue weighted by atomic mass is 32.2. The van der Waals surface area contributed by atoms with Crippen molar-refractivity contribution in [1.82, 2.24) is 9.97 Å². The lowest BCUT2D eigenvalue weighted by Gasteiger charge is -2.21.